The van der Waals surface area contributed by atoms with Crippen molar-refractivity contribution in [2.45, 2.75) is 59.7 Å². The molecule has 1 heterocycles. The van der Waals surface area contributed by atoms with Gasteiger partial charge in [0.1, 0.15) is 0 Å². The maximum Gasteiger partial charge on any atom is 0.223 e. The van der Waals surface area contributed by atoms with Crippen LogP contribution in [0.1, 0.15) is 45.0 Å². The fourth-order valence-electron chi connectivity index (χ4n) is 2.61. The van der Waals surface area contributed by atoms with E-state index in [1.807, 2.05) is 11.5 Å². The molecule has 21 heavy (non-hydrogen) atoms. The average molecular weight is 296 g/mol. The van der Waals surface area contributed by atoms with Gasteiger partial charge in [0, 0.05) is 24.8 Å². The summed E-state index contributed by atoms with van der Waals surface area (Å²) in [4.78, 5) is 14.1. The minimum Gasteiger partial charge on any atom is -0.503 e. The average Bonchev–Trinajstić information content (AvgIpc) is 2.40. The molecule has 0 amide bonds. The van der Waals surface area contributed by atoms with Gasteiger partial charge in [-0.3, -0.25) is 9.69 Å². The SMILES string of the molecule is CCCN(CCC)Cc1c(O)c(=O)cc(C)n1CC(C)O. The van der Waals surface area contributed by atoms with Crippen molar-refractivity contribution < 1.29 is 10.2 Å². The zero-order valence-electron chi connectivity index (χ0n) is 13.6. The largest absolute Gasteiger partial charge is 0.503 e. The molecule has 2 N–H and O–H groups in total. The van der Waals surface area contributed by atoms with Crippen LogP contribution in [0.5, 0.6) is 5.75 Å². The number of hydrogen-bond donors (Lipinski definition) is 2. The standard InChI is InChI=1S/C16H28N2O3/c1-5-7-17(8-6-2)11-14-16(21)15(20)9-12(3)18(14)10-13(4)19/h9,13,19,21H,5-8,10-11H2,1-4H3. The highest BCUT2D eigenvalue weighted by atomic mass is 16.3. The van der Waals surface area contributed by atoms with E-state index in [0.29, 0.717) is 18.8 Å². The Hall–Kier alpha value is -1.33. The van der Waals surface area contributed by atoms with Crippen molar-refractivity contribution in [3.63, 3.8) is 0 Å². The number of aromatic nitrogens is 1. The summed E-state index contributed by atoms with van der Waals surface area (Å²) < 4.78 is 1.85. The molecule has 0 spiro atoms. The van der Waals surface area contributed by atoms with E-state index in [1.54, 1.807) is 6.92 Å². The summed E-state index contributed by atoms with van der Waals surface area (Å²) in [5, 5.41) is 19.8. The molecular weight excluding hydrogens is 268 g/mol. The summed E-state index contributed by atoms with van der Waals surface area (Å²) in [7, 11) is 0. The van der Waals surface area contributed by atoms with E-state index < -0.39 is 6.10 Å². The van der Waals surface area contributed by atoms with E-state index >= 15 is 0 Å². The highest BCUT2D eigenvalue weighted by Crippen LogP contribution is 2.18. The van der Waals surface area contributed by atoms with Gasteiger partial charge in [0.15, 0.2) is 5.75 Å². The van der Waals surface area contributed by atoms with Crippen LogP contribution < -0.4 is 5.43 Å². The summed E-state index contributed by atoms with van der Waals surface area (Å²) >= 11 is 0. The van der Waals surface area contributed by atoms with Crippen molar-refractivity contribution in [2.75, 3.05) is 13.1 Å². The molecule has 5 heteroatoms. The molecule has 0 fully saturated rings. The van der Waals surface area contributed by atoms with Crippen LogP contribution >= 0.6 is 0 Å². The Bertz CT molecular complexity index is 503. The van der Waals surface area contributed by atoms with E-state index in [2.05, 4.69) is 18.7 Å². The van der Waals surface area contributed by atoms with Gasteiger partial charge >= 0.3 is 0 Å². The molecule has 5 nitrogen and oxygen atoms in total. The maximum atomic E-state index is 11.9. The van der Waals surface area contributed by atoms with Crippen LogP contribution in [0.25, 0.3) is 0 Å². The maximum absolute atomic E-state index is 11.9. The lowest BCUT2D eigenvalue weighted by molar-refractivity contribution is 0.167. The second-order valence-electron chi connectivity index (χ2n) is 5.68. The first-order valence-corrected chi connectivity index (χ1v) is 7.73. The lowest BCUT2D eigenvalue weighted by Crippen LogP contribution is -2.30. The van der Waals surface area contributed by atoms with E-state index in [1.165, 1.54) is 6.07 Å². The molecule has 1 atom stereocenters. The minimum atomic E-state index is -0.532. The van der Waals surface area contributed by atoms with Crippen LogP contribution in [0, 0.1) is 6.92 Å². The van der Waals surface area contributed by atoms with Gasteiger partial charge < -0.3 is 14.8 Å². The third-order valence-electron chi connectivity index (χ3n) is 3.50. The third-order valence-corrected chi connectivity index (χ3v) is 3.50. The number of nitrogens with zero attached hydrogens (tertiary/aromatic N) is 2. The molecule has 0 saturated heterocycles. The van der Waals surface area contributed by atoms with E-state index in [9.17, 15) is 15.0 Å². The molecule has 120 valence electrons. The van der Waals surface area contributed by atoms with E-state index in [4.69, 9.17) is 0 Å². The molecule has 0 saturated carbocycles. The van der Waals surface area contributed by atoms with Crippen molar-refractivity contribution in [1.82, 2.24) is 9.47 Å². The first-order chi connectivity index (χ1) is 9.90. The Balaban J connectivity index is 3.20. The molecular formula is C16H28N2O3. The summed E-state index contributed by atoms with van der Waals surface area (Å²) in [5.41, 5.74) is 1.02. The normalized spacial score (nSPS) is 12.9. The Morgan fingerprint density at radius 3 is 2.33 bits per heavy atom. The van der Waals surface area contributed by atoms with Gasteiger partial charge in [-0.25, -0.2) is 0 Å². The van der Waals surface area contributed by atoms with Gasteiger partial charge in [-0.05, 0) is 39.8 Å². The Morgan fingerprint density at radius 1 is 1.29 bits per heavy atom. The van der Waals surface area contributed by atoms with Crippen molar-refractivity contribution >= 4 is 0 Å². The van der Waals surface area contributed by atoms with Crippen molar-refractivity contribution in [3.05, 3.63) is 27.7 Å². The van der Waals surface area contributed by atoms with Gasteiger partial charge in [-0.15, -0.1) is 0 Å². The molecule has 0 radical (unpaired) electrons. The summed E-state index contributed by atoms with van der Waals surface area (Å²) in [5.74, 6) is -0.196. The molecule has 0 aromatic carbocycles. The van der Waals surface area contributed by atoms with Crippen molar-refractivity contribution in [2.24, 2.45) is 0 Å². The molecule has 1 aromatic rings. The third kappa shape index (κ3) is 4.86. The van der Waals surface area contributed by atoms with Gasteiger partial charge in [-0.2, -0.15) is 0 Å². The van der Waals surface area contributed by atoms with Gasteiger partial charge in [-0.1, -0.05) is 13.8 Å². The Kier molecular flexibility index (Phi) is 6.92. The smallest absolute Gasteiger partial charge is 0.223 e. The number of aryl methyl sites for hydroxylation is 1. The fraction of sp³-hybridized carbons (Fsp3) is 0.688. The Morgan fingerprint density at radius 2 is 1.86 bits per heavy atom. The lowest BCUT2D eigenvalue weighted by atomic mass is 10.2. The monoisotopic (exact) mass is 296 g/mol. The predicted octanol–water partition coefficient (Wildman–Crippen LogP) is 1.87. The molecule has 0 bridgehead atoms. The topological polar surface area (TPSA) is 65.7 Å². The van der Waals surface area contributed by atoms with E-state index in [-0.39, 0.29) is 11.2 Å². The van der Waals surface area contributed by atoms with Crippen LogP contribution in [0.4, 0.5) is 0 Å². The molecule has 0 aliphatic carbocycles. The van der Waals surface area contributed by atoms with Gasteiger partial charge in [0.25, 0.3) is 0 Å². The number of aliphatic hydroxyl groups is 1. The highest BCUT2D eigenvalue weighted by Gasteiger charge is 2.17. The van der Waals surface area contributed by atoms with Crippen LogP contribution in [-0.2, 0) is 13.1 Å². The number of hydrogen-bond acceptors (Lipinski definition) is 4. The molecule has 1 aromatic heterocycles. The predicted molar refractivity (Wildman–Crippen MR) is 84.6 cm³/mol. The second-order valence-corrected chi connectivity index (χ2v) is 5.68. The van der Waals surface area contributed by atoms with Crippen LogP contribution in [0.15, 0.2) is 10.9 Å². The zero-order valence-corrected chi connectivity index (χ0v) is 13.6. The molecule has 1 unspecified atom stereocenters. The second kappa shape index (κ2) is 8.20. The quantitative estimate of drug-likeness (QED) is 0.768. The number of pyridine rings is 1. The highest BCUT2D eigenvalue weighted by molar-refractivity contribution is 5.29. The van der Waals surface area contributed by atoms with Gasteiger partial charge in [0.05, 0.1) is 11.8 Å². The number of aromatic hydroxyl groups is 1. The van der Waals surface area contributed by atoms with Crippen molar-refractivity contribution in [3.8, 4) is 5.75 Å². The molecule has 0 aliphatic heterocycles. The summed E-state index contributed by atoms with van der Waals surface area (Å²) in [6, 6.07) is 1.42. The Labute approximate surface area is 126 Å². The first-order valence-electron chi connectivity index (χ1n) is 7.73. The van der Waals surface area contributed by atoms with Crippen molar-refractivity contribution in [1.29, 1.82) is 0 Å². The van der Waals surface area contributed by atoms with Crippen LogP contribution in [-0.4, -0.2) is 38.9 Å². The molecule has 0 aliphatic rings. The number of rotatable bonds is 8. The lowest BCUT2D eigenvalue weighted by Gasteiger charge is -2.25. The summed E-state index contributed by atoms with van der Waals surface area (Å²) in [6.45, 7) is 10.5. The number of aliphatic hydroxyl groups excluding tert-OH is 1. The van der Waals surface area contributed by atoms with Gasteiger partial charge in [0.2, 0.25) is 5.43 Å². The van der Waals surface area contributed by atoms with E-state index in [0.717, 1.165) is 31.6 Å². The molecule has 1 rings (SSSR count). The summed E-state index contributed by atoms with van der Waals surface area (Å²) in [6.07, 6.45) is 1.51. The van der Waals surface area contributed by atoms with Crippen LogP contribution in [0.3, 0.4) is 0 Å². The zero-order chi connectivity index (χ0) is 16.0. The minimum absolute atomic E-state index is 0.196. The van der Waals surface area contributed by atoms with Crippen LogP contribution in [0.2, 0.25) is 0 Å². The first kappa shape index (κ1) is 17.7. The fourth-order valence-corrected chi connectivity index (χ4v) is 2.61.